The van der Waals surface area contributed by atoms with Gasteiger partial charge in [0.1, 0.15) is 0 Å². The summed E-state index contributed by atoms with van der Waals surface area (Å²) in [6, 6.07) is 6.81. The highest BCUT2D eigenvalue weighted by Crippen LogP contribution is 2.10. The first-order valence-electron chi connectivity index (χ1n) is 4.63. The summed E-state index contributed by atoms with van der Waals surface area (Å²) in [5.41, 5.74) is 0.571. The Labute approximate surface area is 105 Å². The summed E-state index contributed by atoms with van der Waals surface area (Å²) in [5.74, 6) is -1.60. The third-order valence-electron chi connectivity index (χ3n) is 1.72. The van der Waals surface area contributed by atoms with Gasteiger partial charge in [0.25, 0.3) is 5.56 Å². The fraction of sp³-hybridized carbons (Fsp3) is 0.0909. The van der Waals surface area contributed by atoms with E-state index in [2.05, 4.69) is 26.1 Å². The van der Waals surface area contributed by atoms with Crippen LogP contribution in [0.15, 0.2) is 41.3 Å². The molecule has 0 spiro atoms. The van der Waals surface area contributed by atoms with Crippen molar-refractivity contribution in [2.75, 3.05) is 0 Å². The summed E-state index contributed by atoms with van der Waals surface area (Å²) in [6.07, 6.45) is 1.52. The van der Waals surface area contributed by atoms with E-state index in [0.717, 1.165) is 11.6 Å². The minimum atomic E-state index is -0.801. The minimum absolute atomic E-state index is 0.164. The predicted molar refractivity (Wildman–Crippen MR) is 63.8 cm³/mol. The van der Waals surface area contributed by atoms with Crippen LogP contribution in [0.3, 0.4) is 0 Å². The van der Waals surface area contributed by atoms with Gasteiger partial charge < -0.3 is 0 Å². The molecule has 1 N–H and O–H groups in total. The molecule has 0 aliphatic rings. The van der Waals surface area contributed by atoms with Crippen LogP contribution in [0.2, 0.25) is 0 Å². The molecule has 1 aromatic heterocycles. The van der Waals surface area contributed by atoms with Gasteiger partial charge in [-0.2, -0.15) is 5.10 Å². The van der Waals surface area contributed by atoms with Crippen molar-refractivity contribution in [3.05, 3.63) is 64.1 Å². The van der Waals surface area contributed by atoms with E-state index in [9.17, 15) is 13.6 Å². The highest BCUT2D eigenvalue weighted by molar-refractivity contribution is 9.08. The Morgan fingerprint density at radius 3 is 2.41 bits per heavy atom. The molecule has 0 aliphatic carbocycles. The van der Waals surface area contributed by atoms with E-state index in [1.165, 1.54) is 24.4 Å². The first-order valence-corrected chi connectivity index (χ1v) is 5.75. The number of H-pyrrole nitrogens is 1. The number of aromatic nitrogens is 2. The fourth-order valence-electron chi connectivity index (χ4n) is 0.934. The second-order valence-electron chi connectivity index (χ2n) is 3.00. The standard InChI is InChI=1S/C7H5BrF2.C4H4N2O/c8-4-5-1-2-6(9)7(10)3-5;7-4-2-1-3-5-6-4/h1-3H,4H2;1-3H,(H,6,7). The molecule has 1 heterocycles. The lowest BCUT2D eigenvalue weighted by molar-refractivity contribution is 0.507. The van der Waals surface area contributed by atoms with Crippen LogP contribution in [0.5, 0.6) is 0 Å². The zero-order chi connectivity index (χ0) is 12.7. The van der Waals surface area contributed by atoms with Gasteiger partial charge in [-0.3, -0.25) is 4.79 Å². The fourth-order valence-corrected chi connectivity index (χ4v) is 1.28. The first-order chi connectivity index (χ1) is 8.13. The molecule has 2 aromatic rings. The molecule has 0 bridgehead atoms. The number of aromatic amines is 1. The van der Waals surface area contributed by atoms with Crippen LogP contribution in [0.1, 0.15) is 5.56 Å². The summed E-state index contributed by atoms with van der Waals surface area (Å²) in [7, 11) is 0. The first kappa shape index (κ1) is 13.5. The average Bonchev–Trinajstić information content (AvgIpc) is 2.34. The van der Waals surface area contributed by atoms with Crippen molar-refractivity contribution in [1.29, 1.82) is 0 Å². The van der Waals surface area contributed by atoms with Gasteiger partial charge in [-0.25, -0.2) is 13.9 Å². The summed E-state index contributed by atoms with van der Waals surface area (Å²) in [6.45, 7) is 0. The Bertz CT molecular complexity index is 513. The van der Waals surface area contributed by atoms with Crippen molar-refractivity contribution in [3.63, 3.8) is 0 Å². The topological polar surface area (TPSA) is 45.8 Å². The van der Waals surface area contributed by atoms with Crippen molar-refractivity contribution in [2.24, 2.45) is 0 Å². The third-order valence-corrected chi connectivity index (χ3v) is 2.37. The Hall–Kier alpha value is -1.56. The number of alkyl halides is 1. The van der Waals surface area contributed by atoms with Crippen molar-refractivity contribution >= 4 is 15.9 Å². The number of hydrogen-bond acceptors (Lipinski definition) is 2. The van der Waals surface area contributed by atoms with Gasteiger partial charge in [-0.15, -0.1) is 0 Å². The second kappa shape index (κ2) is 6.90. The summed E-state index contributed by atoms with van der Waals surface area (Å²) < 4.78 is 24.6. The van der Waals surface area contributed by atoms with Gasteiger partial charge in [0, 0.05) is 17.6 Å². The van der Waals surface area contributed by atoms with E-state index in [1.54, 1.807) is 6.07 Å². The van der Waals surface area contributed by atoms with Crippen LogP contribution >= 0.6 is 15.9 Å². The molecule has 0 amide bonds. The molecule has 0 radical (unpaired) electrons. The summed E-state index contributed by atoms with van der Waals surface area (Å²) >= 11 is 3.13. The Morgan fingerprint density at radius 1 is 1.24 bits per heavy atom. The van der Waals surface area contributed by atoms with Gasteiger partial charge in [-0.05, 0) is 23.8 Å². The highest BCUT2D eigenvalue weighted by atomic mass is 79.9. The van der Waals surface area contributed by atoms with E-state index < -0.39 is 11.6 Å². The molecule has 0 atom stereocenters. The van der Waals surface area contributed by atoms with Crippen molar-refractivity contribution in [1.82, 2.24) is 10.2 Å². The number of nitrogens with one attached hydrogen (secondary N) is 1. The van der Waals surface area contributed by atoms with Crippen LogP contribution in [-0.2, 0) is 5.33 Å². The number of nitrogens with zero attached hydrogens (tertiary/aromatic N) is 1. The van der Waals surface area contributed by atoms with E-state index >= 15 is 0 Å². The lowest BCUT2D eigenvalue weighted by atomic mass is 10.2. The van der Waals surface area contributed by atoms with E-state index in [0.29, 0.717) is 5.33 Å². The normalized spacial score (nSPS) is 9.35. The van der Waals surface area contributed by atoms with E-state index in [4.69, 9.17) is 0 Å². The van der Waals surface area contributed by atoms with Crippen LogP contribution in [0.4, 0.5) is 8.78 Å². The molecule has 90 valence electrons. The number of rotatable bonds is 1. The van der Waals surface area contributed by atoms with Gasteiger partial charge in [0.15, 0.2) is 11.6 Å². The Balaban J connectivity index is 0.000000181. The minimum Gasteiger partial charge on any atom is -0.268 e. The molecule has 0 fully saturated rings. The quantitative estimate of drug-likeness (QED) is 0.823. The molecule has 17 heavy (non-hydrogen) atoms. The maximum absolute atomic E-state index is 12.4. The molecule has 3 nitrogen and oxygen atoms in total. The van der Waals surface area contributed by atoms with Gasteiger partial charge in [0.05, 0.1) is 0 Å². The van der Waals surface area contributed by atoms with Crippen molar-refractivity contribution in [3.8, 4) is 0 Å². The second-order valence-corrected chi connectivity index (χ2v) is 3.56. The van der Waals surface area contributed by atoms with Crippen LogP contribution < -0.4 is 5.56 Å². The van der Waals surface area contributed by atoms with Gasteiger partial charge >= 0.3 is 0 Å². The molecule has 0 aliphatic heterocycles. The average molecular weight is 303 g/mol. The predicted octanol–water partition coefficient (Wildman–Crippen LogP) is 2.63. The van der Waals surface area contributed by atoms with Gasteiger partial charge in [0.2, 0.25) is 0 Å². The van der Waals surface area contributed by atoms with Crippen molar-refractivity contribution < 1.29 is 8.78 Å². The van der Waals surface area contributed by atoms with Crippen LogP contribution in [0.25, 0.3) is 0 Å². The van der Waals surface area contributed by atoms with Crippen molar-refractivity contribution in [2.45, 2.75) is 5.33 Å². The molecule has 1 aromatic carbocycles. The number of halogens is 3. The lowest BCUT2D eigenvalue weighted by Gasteiger charge is -1.94. The monoisotopic (exact) mass is 302 g/mol. The smallest absolute Gasteiger partial charge is 0.264 e. The summed E-state index contributed by atoms with van der Waals surface area (Å²) in [5, 5.41) is 6.22. The number of benzene rings is 1. The molecule has 6 heteroatoms. The van der Waals surface area contributed by atoms with Crippen LogP contribution in [-0.4, -0.2) is 10.2 Å². The lowest BCUT2D eigenvalue weighted by Crippen LogP contribution is -2.02. The molecule has 0 saturated heterocycles. The highest BCUT2D eigenvalue weighted by Gasteiger charge is 1.99. The Morgan fingerprint density at radius 2 is 2.00 bits per heavy atom. The SMILES string of the molecule is Fc1ccc(CBr)cc1F.O=c1cccn[nH]1. The maximum atomic E-state index is 12.4. The van der Waals surface area contributed by atoms with E-state index in [1.807, 2.05) is 0 Å². The zero-order valence-electron chi connectivity index (χ0n) is 8.66. The van der Waals surface area contributed by atoms with E-state index in [-0.39, 0.29) is 5.56 Å². The molecule has 2 rings (SSSR count). The molecule has 0 unspecified atom stereocenters. The zero-order valence-corrected chi connectivity index (χ0v) is 10.2. The maximum Gasteiger partial charge on any atom is 0.264 e. The third kappa shape index (κ3) is 4.86. The molecular weight excluding hydrogens is 294 g/mol. The molecular formula is C11H9BrF2N2O. The molecule has 0 saturated carbocycles. The summed E-state index contributed by atoms with van der Waals surface area (Å²) in [4.78, 5) is 10.2. The number of hydrogen-bond donors (Lipinski definition) is 1. The van der Waals surface area contributed by atoms with Gasteiger partial charge in [-0.1, -0.05) is 22.0 Å². The Kier molecular flexibility index (Phi) is 5.48. The largest absolute Gasteiger partial charge is 0.268 e. The van der Waals surface area contributed by atoms with Crippen LogP contribution in [0, 0.1) is 11.6 Å².